The number of aryl methyl sites for hydroxylation is 1. The molecular weight excluding hydrogens is 412 g/mol. The van der Waals surface area contributed by atoms with Crippen LogP contribution in [0.4, 0.5) is 10.8 Å². The summed E-state index contributed by atoms with van der Waals surface area (Å²) in [6.45, 7) is 7.31. The molecule has 162 valence electrons. The minimum absolute atomic E-state index is 0.187. The number of hydrogen-bond acceptors (Lipinski definition) is 5. The molecule has 3 amide bonds. The van der Waals surface area contributed by atoms with Crippen molar-refractivity contribution in [2.24, 2.45) is 5.92 Å². The number of rotatable bonds is 7. The second-order valence-electron chi connectivity index (χ2n) is 7.84. The van der Waals surface area contributed by atoms with E-state index in [1.54, 1.807) is 24.3 Å². The quantitative estimate of drug-likeness (QED) is 0.511. The van der Waals surface area contributed by atoms with Crippen molar-refractivity contribution in [2.45, 2.75) is 40.2 Å². The highest BCUT2D eigenvalue weighted by atomic mass is 32.1. The lowest BCUT2D eigenvalue weighted by atomic mass is 10.0. The molecule has 0 aliphatic heterocycles. The van der Waals surface area contributed by atoms with E-state index in [4.69, 9.17) is 0 Å². The number of hydrogen-bond donors (Lipinski definition) is 3. The van der Waals surface area contributed by atoms with Crippen LogP contribution in [0.3, 0.4) is 0 Å². The van der Waals surface area contributed by atoms with Crippen molar-refractivity contribution in [3.63, 3.8) is 0 Å². The summed E-state index contributed by atoms with van der Waals surface area (Å²) in [7, 11) is 0. The van der Waals surface area contributed by atoms with Crippen LogP contribution in [0.1, 0.15) is 43.1 Å². The third-order valence-corrected chi connectivity index (χ3v) is 5.59. The lowest BCUT2D eigenvalue weighted by Crippen LogP contribution is -2.44. The Labute approximate surface area is 185 Å². The van der Waals surface area contributed by atoms with E-state index < -0.39 is 6.04 Å². The summed E-state index contributed by atoms with van der Waals surface area (Å²) in [6, 6.07) is 12.0. The number of nitrogens with one attached hydrogen (secondary N) is 3. The van der Waals surface area contributed by atoms with Crippen molar-refractivity contribution in [3.8, 4) is 0 Å². The first kappa shape index (κ1) is 22.4. The van der Waals surface area contributed by atoms with E-state index in [0.29, 0.717) is 22.8 Å². The van der Waals surface area contributed by atoms with E-state index in [0.717, 1.165) is 15.8 Å². The Bertz CT molecular complexity index is 1120. The number of thiazole rings is 1. The average molecular weight is 439 g/mol. The van der Waals surface area contributed by atoms with Gasteiger partial charge in [-0.25, -0.2) is 4.98 Å². The van der Waals surface area contributed by atoms with E-state index in [-0.39, 0.29) is 23.6 Å². The molecule has 0 aliphatic rings. The molecule has 1 atom stereocenters. The van der Waals surface area contributed by atoms with Crippen LogP contribution >= 0.6 is 11.3 Å². The van der Waals surface area contributed by atoms with Crippen molar-refractivity contribution in [1.82, 2.24) is 10.3 Å². The number of amides is 3. The zero-order valence-corrected chi connectivity index (χ0v) is 18.8. The van der Waals surface area contributed by atoms with Crippen molar-refractivity contribution in [2.75, 3.05) is 10.6 Å². The number of aromatic nitrogens is 1. The topological polar surface area (TPSA) is 100 Å². The van der Waals surface area contributed by atoms with Gasteiger partial charge >= 0.3 is 0 Å². The Morgan fingerprint density at radius 2 is 1.81 bits per heavy atom. The largest absolute Gasteiger partial charge is 0.340 e. The molecule has 3 rings (SSSR count). The summed E-state index contributed by atoms with van der Waals surface area (Å²) in [6.07, 6.45) is 0.513. The van der Waals surface area contributed by atoms with E-state index in [1.807, 2.05) is 39.0 Å². The molecule has 3 aromatic rings. The monoisotopic (exact) mass is 438 g/mol. The second kappa shape index (κ2) is 9.70. The molecule has 1 aromatic heterocycles. The van der Waals surface area contributed by atoms with E-state index >= 15 is 0 Å². The molecule has 0 saturated carbocycles. The number of nitrogens with zero attached hydrogens (tertiary/aromatic N) is 1. The van der Waals surface area contributed by atoms with Gasteiger partial charge in [0.15, 0.2) is 5.13 Å². The second-order valence-corrected chi connectivity index (χ2v) is 8.87. The molecule has 7 nitrogen and oxygen atoms in total. The van der Waals surface area contributed by atoms with Gasteiger partial charge in [-0.05, 0) is 49.1 Å². The summed E-state index contributed by atoms with van der Waals surface area (Å²) in [5, 5.41) is 8.96. The highest BCUT2D eigenvalue weighted by Gasteiger charge is 2.23. The summed E-state index contributed by atoms with van der Waals surface area (Å²) in [5.41, 5.74) is 2.75. The van der Waals surface area contributed by atoms with Gasteiger partial charge < -0.3 is 16.0 Å². The van der Waals surface area contributed by atoms with Gasteiger partial charge in [-0.3, -0.25) is 14.4 Å². The van der Waals surface area contributed by atoms with E-state index in [9.17, 15) is 14.4 Å². The third-order valence-electron chi connectivity index (χ3n) is 4.66. The molecule has 8 heteroatoms. The molecule has 2 aromatic carbocycles. The van der Waals surface area contributed by atoms with Crippen LogP contribution < -0.4 is 16.0 Å². The van der Waals surface area contributed by atoms with Crippen LogP contribution in [0.2, 0.25) is 0 Å². The Balaban J connectivity index is 1.76. The lowest BCUT2D eigenvalue weighted by molar-refractivity contribution is -0.118. The zero-order chi connectivity index (χ0) is 22.5. The molecular formula is C23H26N4O3S. The molecule has 1 heterocycles. The highest BCUT2D eigenvalue weighted by Crippen LogP contribution is 2.28. The number of carbonyl (C=O) groups is 3. The van der Waals surface area contributed by atoms with Crippen LogP contribution in [0.15, 0.2) is 42.5 Å². The number of anilines is 2. The fourth-order valence-corrected chi connectivity index (χ4v) is 4.15. The summed E-state index contributed by atoms with van der Waals surface area (Å²) >= 11 is 1.33. The fraction of sp³-hybridized carbons (Fsp3) is 0.304. The van der Waals surface area contributed by atoms with Crippen LogP contribution in [0.5, 0.6) is 0 Å². The van der Waals surface area contributed by atoms with E-state index in [1.165, 1.54) is 18.3 Å². The molecule has 0 bridgehead atoms. The highest BCUT2D eigenvalue weighted by molar-refractivity contribution is 7.22. The van der Waals surface area contributed by atoms with Gasteiger partial charge in [0.1, 0.15) is 6.04 Å². The minimum atomic E-state index is -0.667. The minimum Gasteiger partial charge on any atom is -0.340 e. The van der Waals surface area contributed by atoms with Gasteiger partial charge in [0.25, 0.3) is 5.91 Å². The van der Waals surface area contributed by atoms with Crippen molar-refractivity contribution >= 4 is 50.1 Å². The van der Waals surface area contributed by atoms with Crippen molar-refractivity contribution in [3.05, 3.63) is 53.6 Å². The fourth-order valence-electron chi connectivity index (χ4n) is 3.20. The predicted octanol–water partition coefficient (Wildman–Crippen LogP) is 4.35. The number of carbonyl (C=O) groups excluding carboxylic acids is 3. The van der Waals surface area contributed by atoms with Crippen LogP contribution in [-0.4, -0.2) is 28.7 Å². The molecule has 0 saturated heterocycles. The summed E-state index contributed by atoms with van der Waals surface area (Å²) in [4.78, 5) is 41.3. The third kappa shape index (κ3) is 5.88. The van der Waals surface area contributed by atoms with Gasteiger partial charge in [0, 0.05) is 18.2 Å². The SMILES string of the molecule is CC(=O)Nc1nc2ccc(NC(=O)C(CC(C)C)NC(=O)c3ccccc3C)cc2s1. The first-order valence-corrected chi connectivity index (χ1v) is 10.9. The zero-order valence-electron chi connectivity index (χ0n) is 18.0. The first-order valence-electron chi connectivity index (χ1n) is 10.1. The van der Waals surface area contributed by atoms with Gasteiger partial charge in [0.05, 0.1) is 10.2 Å². The number of fused-ring (bicyclic) bond motifs is 1. The van der Waals surface area contributed by atoms with Crippen molar-refractivity contribution < 1.29 is 14.4 Å². The molecule has 0 fully saturated rings. The Morgan fingerprint density at radius 1 is 1.06 bits per heavy atom. The van der Waals surface area contributed by atoms with Gasteiger partial charge in [-0.2, -0.15) is 0 Å². The molecule has 3 N–H and O–H groups in total. The normalized spacial score (nSPS) is 11.9. The Kier molecular flexibility index (Phi) is 7.02. The lowest BCUT2D eigenvalue weighted by Gasteiger charge is -2.20. The maximum Gasteiger partial charge on any atom is 0.252 e. The standard InChI is InChI=1S/C23H26N4O3S/c1-13(2)11-19(26-21(29)17-8-6-5-7-14(17)3)22(30)25-16-9-10-18-20(12-16)31-23(27-18)24-15(4)28/h5-10,12-13,19H,11H2,1-4H3,(H,25,30)(H,26,29)(H,24,27,28). The predicted molar refractivity (Wildman–Crippen MR) is 124 cm³/mol. The molecule has 0 spiro atoms. The van der Waals surface area contributed by atoms with Crippen LogP contribution in [0, 0.1) is 12.8 Å². The molecule has 31 heavy (non-hydrogen) atoms. The first-order chi connectivity index (χ1) is 14.7. The maximum atomic E-state index is 13.0. The van der Waals surface area contributed by atoms with Crippen LogP contribution in [-0.2, 0) is 9.59 Å². The molecule has 0 radical (unpaired) electrons. The maximum absolute atomic E-state index is 13.0. The molecule has 0 aliphatic carbocycles. The van der Waals surface area contributed by atoms with Crippen LogP contribution in [0.25, 0.3) is 10.2 Å². The smallest absolute Gasteiger partial charge is 0.252 e. The summed E-state index contributed by atoms with van der Waals surface area (Å²) < 4.78 is 0.839. The Morgan fingerprint density at radius 3 is 2.48 bits per heavy atom. The van der Waals surface area contributed by atoms with Gasteiger partial charge in [0.2, 0.25) is 11.8 Å². The summed E-state index contributed by atoms with van der Waals surface area (Å²) in [5.74, 6) is -0.510. The van der Waals surface area contributed by atoms with E-state index in [2.05, 4.69) is 20.9 Å². The van der Waals surface area contributed by atoms with Crippen molar-refractivity contribution in [1.29, 1.82) is 0 Å². The van der Waals surface area contributed by atoms with Gasteiger partial charge in [-0.15, -0.1) is 0 Å². The average Bonchev–Trinajstić information content (AvgIpc) is 3.08. The number of benzene rings is 2. The molecule has 1 unspecified atom stereocenters. The van der Waals surface area contributed by atoms with Gasteiger partial charge in [-0.1, -0.05) is 43.4 Å². The Hall–Kier alpha value is -3.26.